The van der Waals surface area contributed by atoms with Crippen LogP contribution < -0.4 is 11.2 Å². The molecule has 0 aliphatic heterocycles. The fraction of sp³-hybridized carbons (Fsp3) is 0.444. The summed E-state index contributed by atoms with van der Waals surface area (Å²) in [5.41, 5.74) is -0.854. The van der Waals surface area contributed by atoms with Crippen LogP contribution in [0.2, 0.25) is 0 Å². The van der Waals surface area contributed by atoms with Crippen LogP contribution >= 0.6 is 22.6 Å². The molecule has 0 saturated carbocycles. The zero-order valence-electron chi connectivity index (χ0n) is 8.40. The van der Waals surface area contributed by atoms with E-state index in [1.807, 2.05) is 22.6 Å². The van der Waals surface area contributed by atoms with Gasteiger partial charge in [-0.3, -0.25) is 19.1 Å². The number of aromatic nitrogens is 2. The highest BCUT2D eigenvalue weighted by molar-refractivity contribution is 14.1. The Kier molecular flexibility index (Phi) is 4.71. The summed E-state index contributed by atoms with van der Waals surface area (Å²) in [5.74, 6) is -0.844. The van der Waals surface area contributed by atoms with Crippen LogP contribution in [0.5, 0.6) is 0 Å². The highest BCUT2D eigenvalue weighted by Crippen LogP contribution is 1.99. The molecular weight excluding hydrogens is 327 g/mol. The van der Waals surface area contributed by atoms with E-state index in [0.717, 1.165) is 0 Å². The molecule has 16 heavy (non-hydrogen) atoms. The predicted octanol–water partition coefficient (Wildman–Crippen LogP) is 0.396. The number of carboxylic acid groups (broad SMARTS) is 1. The van der Waals surface area contributed by atoms with Gasteiger partial charge >= 0.3 is 11.7 Å². The number of rotatable bonds is 5. The quantitative estimate of drug-likeness (QED) is 0.600. The molecule has 88 valence electrons. The number of aliphatic carboxylic acids is 1. The lowest BCUT2D eigenvalue weighted by Crippen LogP contribution is -2.31. The van der Waals surface area contributed by atoms with Gasteiger partial charge in [0.2, 0.25) is 0 Å². The van der Waals surface area contributed by atoms with Gasteiger partial charge in [0, 0.05) is 19.2 Å². The van der Waals surface area contributed by atoms with Crippen molar-refractivity contribution in [1.82, 2.24) is 9.55 Å². The van der Waals surface area contributed by atoms with Gasteiger partial charge in [-0.05, 0) is 35.4 Å². The Morgan fingerprint density at radius 1 is 1.44 bits per heavy atom. The first-order valence-corrected chi connectivity index (χ1v) is 5.79. The normalized spacial score (nSPS) is 10.3. The van der Waals surface area contributed by atoms with Crippen molar-refractivity contribution in [3.63, 3.8) is 0 Å². The summed E-state index contributed by atoms with van der Waals surface area (Å²) in [6, 6.07) is 0. The third-order valence-corrected chi connectivity index (χ3v) is 2.78. The Labute approximate surface area is 104 Å². The van der Waals surface area contributed by atoms with Gasteiger partial charge in [-0.15, -0.1) is 0 Å². The number of aromatic amines is 1. The molecule has 0 saturated heterocycles. The molecule has 0 aliphatic carbocycles. The maximum Gasteiger partial charge on any atom is 0.328 e. The Hall–Kier alpha value is -1.12. The van der Waals surface area contributed by atoms with Crippen LogP contribution in [0.4, 0.5) is 0 Å². The Bertz CT molecular complexity index is 491. The van der Waals surface area contributed by atoms with Crippen molar-refractivity contribution < 1.29 is 9.90 Å². The van der Waals surface area contributed by atoms with E-state index in [1.54, 1.807) is 0 Å². The first kappa shape index (κ1) is 12.9. The number of unbranched alkanes of at least 4 members (excludes halogenated alkanes) is 1. The average molecular weight is 338 g/mol. The molecule has 0 atom stereocenters. The average Bonchev–Trinajstić information content (AvgIpc) is 2.19. The van der Waals surface area contributed by atoms with Crippen LogP contribution in [-0.4, -0.2) is 20.6 Å². The molecule has 0 amide bonds. The summed E-state index contributed by atoms with van der Waals surface area (Å²) < 4.78 is 1.82. The zero-order valence-corrected chi connectivity index (χ0v) is 10.6. The molecular formula is C9H11IN2O4. The highest BCUT2D eigenvalue weighted by Gasteiger charge is 2.02. The molecule has 1 heterocycles. The minimum atomic E-state index is -0.844. The van der Waals surface area contributed by atoms with Gasteiger partial charge in [-0.2, -0.15) is 0 Å². The number of carbonyl (C=O) groups is 1. The van der Waals surface area contributed by atoms with Crippen LogP contribution in [-0.2, 0) is 11.3 Å². The smallest absolute Gasteiger partial charge is 0.328 e. The summed E-state index contributed by atoms with van der Waals surface area (Å²) >= 11 is 1.84. The molecule has 6 nitrogen and oxygen atoms in total. The largest absolute Gasteiger partial charge is 0.481 e. The fourth-order valence-electron chi connectivity index (χ4n) is 1.21. The molecule has 0 radical (unpaired) electrons. The van der Waals surface area contributed by atoms with Gasteiger partial charge < -0.3 is 5.11 Å². The van der Waals surface area contributed by atoms with Gasteiger partial charge in [-0.25, -0.2) is 4.79 Å². The molecule has 0 spiro atoms. The van der Waals surface area contributed by atoms with Crippen LogP contribution in [0.3, 0.4) is 0 Å². The second-order valence-electron chi connectivity index (χ2n) is 3.28. The molecule has 0 unspecified atom stereocenters. The van der Waals surface area contributed by atoms with E-state index in [2.05, 4.69) is 4.98 Å². The first-order valence-electron chi connectivity index (χ1n) is 4.72. The summed E-state index contributed by atoms with van der Waals surface area (Å²) in [5, 5.41) is 8.43. The molecule has 0 aromatic carbocycles. The van der Waals surface area contributed by atoms with Crippen molar-refractivity contribution in [1.29, 1.82) is 0 Å². The second kappa shape index (κ2) is 5.83. The van der Waals surface area contributed by atoms with Crippen molar-refractivity contribution in [2.24, 2.45) is 0 Å². The SMILES string of the molecule is O=C(O)CCCCn1cc(I)c(=O)[nH]c1=O. The Morgan fingerprint density at radius 3 is 2.75 bits per heavy atom. The second-order valence-corrected chi connectivity index (χ2v) is 4.44. The third kappa shape index (κ3) is 3.80. The topological polar surface area (TPSA) is 92.2 Å². The number of nitrogens with zero attached hydrogens (tertiary/aromatic N) is 1. The van der Waals surface area contributed by atoms with Gasteiger partial charge in [0.1, 0.15) is 0 Å². The first-order chi connectivity index (χ1) is 7.50. The van der Waals surface area contributed by atoms with Crippen LogP contribution in [0.1, 0.15) is 19.3 Å². The van der Waals surface area contributed by atoms with Crippen LogP contribution in [0.25, 0.3) is 0 Å². The molecule has 2 N–H and O–H groups in total. The minimum absolute atomic E-state index is 0.0925. The van der Waals surface area contributed by atoms with Crippen LogP contribution in [0, 0.1) is 3.57 Å². The van der Waals surface area contributed by atoms with Crippen molar-refractivity contribution in [2.75, 3.05) is 0 Å². The molecule has 0 fully saturated rings. The zero-order chi connectivity index (χ0) is 12.1. The number of hydrogen-bond donors (Lipinski definition) is 2. The molecule has 1 aromatic rings. The fourth-order valence-corrected chi connectivity index (χ4v) is 1.68. The standard InChI is InChI=1S/C9H11IN2O4/c10-6-5-12(9(16)11-8(6)15)4-2-1-3-7(13)14/h5H,1-4H2,(H,13,14)(H,11,15,16). The van der Waals surface area contributed by atoms with E-state index in [4.69, 9.17) is 5.11 Å². The lowest BCUT2D eigenvalue weighted by molar-refractivity contribution is -0.137. The number of hydrogen-bond acceptors (Lipinski definition) is 3. The monoisotopic (exact) mass is 338 g/mol. The van der Waals surface area contributed by atoms with Gasteiger partial charge in [0.05, 0.1) is 3.57 Å². The van der Waals surface area contributed by atoms with Gasteiger partial charge in [0.15, 0.2) is 0 Å². The van der Waals surface area contributed by atoms with Crippen molar-refractivity contribution in [3.05, 3.63) is 30.6 Å². The maximum absolute atomic E-state index is 11.3. The molecule has 7 heteroatoms. The van der Waals surface area contributed by atoms with Crippen molar-refractivity contribution in [2.45, 2.75) is 25.8 Å². The Balaban J connectivity index is 2.61. The van der Waals surface area contributed by atoms with E-state index in [1.165, 1.54) is 10.8 Å². The van der Waals surface area contributed by atoms with Gasteiger partial charge in [0.25, 0.3) is 5.56 Å². The third-order valence-electron chi connectivity index (χ3n) is 2.01. The van der Waals surface area contributed by atoms with E-state index in [9.17, 15) is 14.4 Å². The minimum Gasteiger partial charge on any atom is -0.481 e. The van der Waals surface area contributed by atoms with E-state index >= 15 is 0 Å². The highest BCUT2D eigenvalue weighted by atomic mass is 127. The summed E-state index contributed by atoms with van der Waals surface area (Å²) in [6.07, 6.45) is 2.67. The Morgan fingerprint density at radius 2 is 2.12 bits per heavy atom. The number of aryl methyl sites for hydroxylation is 1. The van der Waals surface area contributed by atoms with Crippen molar-refractivity contribution in [3.8, 4) is 0 Å². The van der Waals surface area contributed by atoms with E-state index in [-0.39, 0.29) is 6.42 Å². The summed E-state index contributed by atoms with van der Waals surface area (Å²) in [4.78, 5) is 34.8. The number of nitrogens with one attached hydrogen (secondary N) is 1. The summed E-state index contributed by atoms with van der Waals surface area (Å²) in [7, 11) is 0. The number of halogens is 1. The van der Waals surface area contributed by atoms with E-state index in [0.29, 0.717) is 23.0 Å². The summed E-state index contributed by atoms with van der Waals surface area (Å²) in [6.45, 7) is 0.416. The maximum atomic E-state index is 11.3. The molecule has 1 aromatic heterocycles. The predicted molar refractivity (Wildman–Crippen MR) is 65.5 cm³/mol. The molecule has 1 rings (SSSR count). The molecule has 0 aliphatic rings. The van der Waals surface area contributed by atoms with Crippen molar-refractivity contribution >= 4 is 28.6 Å². The molecule has 0 bridgehead atoms. The van der Waals surface area contributed by atoms with E-state index < -0.39 is 17.2 Å². The number of carboxylic acids is 1. The number of H-pyrrole nitrogens is 1. The van der Waals surface area contributed by atoms with Gasteiger partial charge in [-0.1, -0.05) is 0 Å². The lowest BCUT2D eigenvalue weighted by atomic mass is 10.2. The van der Waals surface area contributed by atoms with Crippen LogP contribution in [0.15, 0.2) is 15.8 Å². The lowest BCUT2D eigenvalue weighted by Gasteiger charge is -2.04.